The van der Waals surface area contributed by atoms with Crippen LogP contribution in [0.5, 0.6) is 0 Å². The van der Waals surface area contributed by atoms with Gasteiger partial charge in [-0.2, -0.15) is 0 Å². The molecule has 2 atom stereocenters. The van der Waals surface area contributed by atoms with Crippen molar-refractivity contribution in [3.05, 3.63) is 35.4 Å². The van der Waals surface area contributed by atoms with Crippen molar-refractivity contribution in [1.82, 2.24) is 0 Å². The van der Waals surface area contributed by atoms with Gasteiger partial charge in [0.15, 0.2) is 0 Å². The number of hydrogen-bond acceptors (Lipinski definition) is 3. The molecule has 0 amide bonds. The third kappa shape index (κ3) is 4.16. The number of unbranched alkanes of at least 4 members (excludes halogenated alkanes) is 3. The van der Waals surface area contributed by atoms with Crippen LogP contribution in [0.4, 0.5) is 0 Å². The number of carboxylic acid groups (broad SMARTS) is 1. The van der Waals surface area contributed by atoms with E-state index in [1.54, 1.807) is 12.1 Å². The number of esters is 1. The van der Waals surface area contributed by atoms with Crippen LogP contribution in [0.3, 0.4) is 0 Å². The lowest BCUT2D eigenvalue weighted by Crippen LogP contribution is -2.41. The van der Waals surface area contributed by atoms with E-state index in [0.717, 1.165) is 37.7 Å². The number of aliphatic carboxylic acids is 1. The summed E-state index contributed by atoms with van der Waals surface area (Å²) in [5.74, 6) is -1.23. The molecule has 1 aromatic carbocycles. The van der Waals surface area contributed by atoms with Crippen LogP contribution in [-0.4, -0.2) is 23.1 Å². The number of hydrogen-bond donors (Lipinski definition) is 1. The highest BCUT2D eigenvalue weighted by atomic mass is 16.5. The summed E-state index contributed by atoms with van der Waals surface area (Å²) in [6.45, 7) is 4.05. The van der Waals surface area contributed by atoms with E-state index in [4.69, 9.17) is 4.74 Å². The third-order valence-corrected chi connectivity index (χ3v) is 5.11. The predicted molar refractivity (Wildman–Crippen MR) is 93.1 cm³/mol. The number of carboxylic acids is 1. The summed E-state index contributed by atoms with van der Waals surface area (Å²) in [5, 5.41) is 9.83. The van der Waals surface area contributed by atoms with E-state index in [1.165, 1.54) is 0 Å². The standard InChI is InChI=1S/C20H28O4/c1-3-4-5-6-12-20(19(22)23)13-8-11-17(20)24-18(21)16-10-7-9-15(2)14-16/h7,9-10,14,17H,3-6,8,11-13H2,1-2H3,(H,22,23). The predicted octanol–water partition coefficient (Wildman–Crippen LogP) is 4.75. The molecule has 24 heavy (non-hydrogen) atoms. The molecule has 1 aromatic rings. The fourth-order valence-corrected chi connectivity index (χ4v) is 3.69. The zero-order valence-electron chi connectivity index (χ0n) is 14.7. The Kier molecular flexibility index (Phi) is 6.41. The first-order chi connectivity index (χ1) is 11.5. The van der Waals surface area contributed by atoms with Gasteiger partial charge in [0.2, 0.25) is 0 Å². The summed E-state index contributed by atoms with van der Waals surface area (Å²) >= 11 is 0. The molecule has 0 radical (unpaired) electrons. The molecule has 1 saturated carbocycles. The number of ether oxygens (including phenoxy) is 1. The van der Waals surface area contributed by atoms with Gasteiger partial charge in [0.25, 0.3) is 0 Å². The zero-order valence-corrected chi connectivity index (χ0v) is 14.7. The van der Waals surface area contributed by atoms with E-state index in [1.807, 2.05) is 19.1 Å². The van der Waals surface area contributed by atoms with Crippen molar-refractivity contribution >= 4 is 11.9 Å². The van der Waals surface area contributed by atoms with Crippen LogP contribution in [0.15, 0.2) is 24.3 Å². The van der Waals surface area contributed by atoms with Crippen molar-refractivity contribution in [1.29, 1.82) is 0 Å². The van der Waals surface area contributed by atoms with E-state index in [2.05, 4.69) is 6.92 Å². The van der Waals surface area contributed by atoms with Crippen LogP contribution in [0.25, 0.3) is 0 Å². The highest BCUT2D eigenvalue weighted by Crippen LogP contribution is 2.45. The topological polar surface area (TPSA) is 63.6 Å². The molecular formula is C20H28O4. The Bertz CT molecular complexity index is 581. The van der Waals surface area contributed by atoms with Crippen LogP contribution >= 0.6 is 0 Å². The fourth-order valence-electron chi connectivity index (χ4n) is 3.69. The number of carbonyl (C=O) groups is 2. The van der Waals surface area contributed by atoms with Gasteiger partial charge in [-0.15, -0.1) is 0 Å². The fraction of sp³-hybridized carbons (Fsp3) is 0.600. The summed E-state index contributed by atoms with van der Waals surface area (Å²) in [6, 6.07) is 7.23. The van der Waals surface area contributed by atoms with Crippen molar-refractivity contribution in [3.63, 3.8) is 0 Å². The van der Waals surface area contributed by atoms with Gasteiger partial charge in [0.1, 0.15) is 11.5 Å². The molecule has 0 aromatic heterocycles. The average Bonchev–Trinajstić information content (AvgIpc) is 2.95. The largest absolute Gasteiger partial charge is 0.481 e. The van der Waals surface area contributed by atoms with Crippen molar-refractivity contribution in [2.45, 2.75) is 71.3 Å². The molecule has 132 valence electrons. The first kappa shape index (κ1) is 18.5. The Labute approximate surface area is 144 Å². The van der Waals surface area contributed by atoms with E-state index in [9.17, 15) is 14.7 Å². The Morgan fingerprint density at radius 1 is 1.29 bits per heavy atom. The lowest BCUT2D eigenvalue weighted by Gasteiger charge is -2.31. The molecule has 1 N–H and O–H groups in total. The molecule has 2 rings (SSSR count). The maximum Gasteiger partial charge on any atom is 0.338 e. The van der Waals surface area contributed by atoms with Gasteiger partial charge in [0, 0.05) is 0 Å². The van der Waals surface area contributed by atoms with Gasteiger partial charge >= 0.3 is 11.9 Å². The van der Waals surface area contributed by atoms with E-state index >= 15 is 0 Å². The molecule has 0 spiro atoms. The van der Waals surface area contributed by atoms with Crippen LogP contribution in [-0.2, 0) is 9.53 Å². The van der Waals surface area contributed by atoms with Gasteiger partial charge in [-0.3, -0.25) is 4.79 Å². The molecule has 0 saturated heterocycles. The quantitative estimate of drug-likeness (QED) is 0.551. The summed E-state index contributed by atoms with van der Waals surface area (Å²) in [4.78, 5) is 24.4. The highest BCUT2D eigenvalue weighted by Gasteiger charge is 2.51. The Balaban J connectivity index is 2.08. The summed E-state index contributed by atoms with van der Waals surface area (Å²) in [6.07, 6.45) is 6.24. The lowest BCUT2D eigenvalue weighted by atomic mass is 9.79. The number of aryl methyl sites for hydroxylation is 1. The molecule has 1 aliphatic rings. The minimum Gasteiger partial charge on any atom is -0.481 e. The second kappa shape index (κ2) is 8.32. The van der Waals surface area contributed by atoms with E-state index in [0.29, 0.717) is 24.8 Å². The second-order valence-electron chi connectivity index (χ2n) is 6.93. The van der Waals surface area contributed by atoms with Crippen LogP contribution in [0.2, 0.25) is 0 Å². The van der Waals surface area contributed by atoms with E-state index in [-0.39, 0.29) is 0 Å². The van der Waals surface area contributed by atoms with Crippen molar-refractivity contribution < 1.29 is 19.4 Å². The summed E-state index contributed by atoms with van der Waals surface area (Å²) in [7, 11) is 0. The highest BCUT2D eigenvalue weighted by molar-refractivity contribution is 5.90. The number of carbonyl (C=O) groups excluding carboxylic acids is 1. The minimum atomic E-state index is -0.909. The molecule has 1 aliphatic carbocycles. The first-order valence-corrected chi connectivity index (χ1v) is 9.00. The van der Waals surface area contributed by atoms with Gasteiger partial charge in [-0.1, -0.05) is 50.3 Å². The normalized spacial score (nSPS) is 23.2. The molecule has 1 fully saturated rings. The molecule has 0 bridgehead atoms. The molecular weight excluding hydrogens is 304 g/mol. The maximum absolute atomic E-state index is 12.4. The van der Waals surface area contributed by atoms with Crippen LogP contribution in [0.1, 0.15) is 74.2 Å². The van der Waals surface area contributed by atoms with Gasteiger partial charge in [-0.25, -0.2) is 4.79 Å². The third-order valence-electron chi connectivity index (χ3n) is 5.11. The van der Waals surface area contributed by atoms with Gasteiger partial charge in [-0.05, 0) is 44.7 Å². The second-order valence-corrected chi connectivity index (χ2v) is 6.93. The number of rotatable bonds is 8. The molecule has 2 unspecified atom stereocenters. The average molecular weight is 332 g/mol. The first-order valence-electron chi connectivity index (χ1n) is 9.00. The van der Waals surface area contributed by atoms with Crippen molar-refractivity contribution in [3.8, 4) is 0 Å². The van der Waals surface area contributed by atoms with E-state index < -0.39 is 23.5 Å². The summed E-state index contributed by atoms with van der Waals surface area (Å²) in [5.41, 5.74) is 0.569. The maximum atomic E-state index is 12.4. The Hall–Kier alpha value is -1.84. The Morgan fingerprint density at radius 2 is 2.08 bits per heavy atom. The SMILES string of the molecule is CCCCCCC1(C(=O)O)CCCC1OC(=O)c1cccc(C)c1. The lowest BCUT2D eigenvalue weighted by molar-refractivity contribution is -0.155. The molecule has 4 nitrogen and oxygen atoms in total. The number of benzene rings is 1. The van der Waals surface area contributed by atoms with Crippen molar-refractivity contribution in [2.24, 2.45) is 5.41 Å². The zero-order chi connectivity index (χ0) is 17.6. The molecule has 0 heterocycles. The van der Waals surface area contributed by atoms with Crippen LogP contribution < -0.4 is 0 Å². The molecule has 4 heteroatoms. The monoisotopic (exact) mass is 332 g/mol. The molecule has 0 aliphatic heterocycles. The van der Waals surface area contributed by atoms with Gasteiger partial charge < -0.3 is 9.84 Å². The van der Waals surface area contributed by atoms with Crippen molar-refractivity contribution in [2.75, 3.05) is 0 Å². The smallest absolute Gasteiger partial charge is 0.338 e. The Morgan fingerprint density at radius 3 is 2.75 bits per heavy atom. The minimum absolute atomic E-state index is 0.412. The van der Waals surface area contributed by atoms with Crippen LogP contribution in [0, 0.1) is 12.3 Å². The summed E-state index contributed by atoms with van der Waals surface area (Å²) < 4.78 is 5.67. The van der Waals surface area contributed by atoms with Gasteiger partial charge in [0.05, 0.1) is 5.56 Å².